The molecule has 1 atom stereocenters. The predicted octanol–water partition coefficient (Wildman–Crippen LogP) is 3.43. The van der Waals surface area contributed by atoms with Gasteiger partial charge in [0.2, 0.25) is 0 Å². The number of nitrogens with one attached hydrogen (secondary N) is 1. The number of carbonyl (C=O) groups is 1. The van der Waals surface area contributed by atoms with Crippen molar-refractivity contribution in [2.75, 3.05) is 18.5 Å². The highest BCUT2D eigenvalue weighted by molar-refractivity contribution is 7.18. The number of hydrogen-bond acceptors (Lipinski definition) is 5. The summed E-state index contributed by atoms with van der Waals surface area (Å²) in [5.74, 6) is 0.950. The molecule has 4 heterocycles. The molecule has 3 aromatic rings. The zero-order valence-corrected chi connectivity index (χ0v) is 16.1. The molecule has 4 rings (SSSR count). The lowest BCUT2D eigenvalue weighted by molar-refractivity contribution is 0.0954. The molecular weight excluding hydrogens is 346 g/mol. The van der Waals surface area contributed by atoms with Gasteiger partial charge in [-0.3, -0.25) is 4.79 Å². The minimum Gasteiger partial charge on any atom is -0.354 e. The maximum atomic E-state index is 12.1. The van der Waals surface area contributed by atoms with E-state index in [2.05, 4.69) is 39.2 Å². The van der Waals surface area contributed by atoms with E-state index in [0.717, 1.165) is 41.1 Å². The Morgan fingerprint density at radius 2 is 2.15 bits per heavy atom. The van der Waals surface area contributed by atoms with Gasteiger partial charge in [-0.25, -0.2) is 9.97 Å². The molecule has 0 saturated carbocycles. The first-order valence-corrected chi connectivity index (χ1v) is 9.77. The van der Waals surface area contributed by atoms with E-state index in [-0.39, 0.29) is 11.9 Å². The molecule has 0 spiro atoms. The van der Waals surface area contributed by atoms with Gasteiger partial charge in [0, 0.05) is 31.2 Å². The van der Waals surface area contributed by atoms with Gasteiger partial charge in [-0.1, -0.05) is 0 Å². The van der Waals surface area contributed by atoms with Gasteiger partial charge in [0.15, 0.2) is 0 Å². The van der Waals surface area contributed by atoms with E-state index in [4.69, 9.17) is 0 Å². The molecule has 1 N–H and O–H groups in total. The molecular formula is C19H23N5OS. The maximum absolute atomic E-state index is 12.1. The predicted molar refractivity (Wildman–Crippen MR) is 105 cm³/mol. The summed E-state index contributed by atoms with van der Waals surface area (Å²) in [6, 6.07) is 6.38. The van der Waals surface area contributed by atoms with Gasteiger partial charge in [0.05, 0.1) is 11.4 Å². The summed E-state index contributed by atoms with van der Waals surface area (Å²) in [7, 11) is 3.63. The lowest BCUT2D eigenvalue weighted by Gasteiger charge is -2.37. The van der Waals surface area contributed by atoms with Crippen LogP contribution in [0.15, 0.2) is 24.5 Å². The van der Waals surface area contributed by atoms with Crippen LogP contribution < -0.4 is 10.2 Å². The summed E-state index contributed by atoms with van der Waals surface area (Å²) < 4.78 is 2.01. The third-order valence-corrected chi connectivity index (χ3v) is 6.13. The number of carbonyl (C=O) groups excluding carboxylic acids is 1. The van der Waals surface area contributed by atoms with Crippen LogP contribution >= 0.6 is 11.3 Å². The van der Waals surface area contributed by atoms with E-state index in [1.165, 1.54) is 11.3 Å². The summed E-state index contributed by atoms with van der Waals surface area (Å²) in [4.78, 5) is 25.8. The number of aryl methyl sites for hydroxylation is 1. The molecule has 0 unspecified atom stereocenters. The van der Waals surface area contributed by atoms with E-state index >= 15 is 0 Å². The quantitative estimate of drug-likeness (QED) is 0.768. The van der Waals surface area contributed by atoms with Crippen molar-refractivity contribution in [3.05, 3.63) is 40.8 Å². The normalized spacial score (nSPS) is 17.7. The van der Waals surface area contributed by atoms with Crippen molar-refractivity contribution in [2.45, 2.75) is 32.2 Å². The molecule has 7 heteroatoms. The van der Waals surface area contributed by atoms with Gasteiger partial charge in [-0.15, -0.1) is 11.3 Å². The molecule has 1 aliphatic heterocycles. The molecule has 0 bridgehead atoms. The summed E-state index contributed by atoms with van der Waals surface area (Å²) >= 11 is 1.71. The standard InChI is InChI=1S/C19H23N5OS/c1-12-10-13-17(21-11-22-19(13)26-12)24-9-5-4-6-15(24)14-7-8-16(23(14)3)18(25)20-2/h7-8,10-11,15H,4-6,9H2,1-3H3,(H,20,25)/t15-/m1/s1. The average molecular weight is 369 g/mol. The van der Waals surface area contributed by atoms with E-state index in [0.29, 0.717) is 5.69 Å². The van der Waals surface area contributed by atoms with Gasteiger partial charge in [0.25, 0.3) is 5.91 Å². The number of piperidine rings is 1. The van der Waals surface area contributed by atoms with Crippen molar-refractivity contribution >= 4 is 33.3 Å². The Bertz CT molecular complexity index is 960. The van der Waals surface area contributed by atoms with Gasteiger partial charge in [-0.2, -0.15) is 0 Å². The number of aromatic nitrogens is 3. The molecule has 136 valence electrons. The Labute approximate surface area is 156 Å². The highest BCUT2D eigenvalue weighted by atomic mass is 32.1. The van der Waals surface area contributed by atoms with Gasteiger partial charge in [-0.05, 0) is 44.4 Å². The molecule has 3 aromatic heterocycles. The first-order chi connectivity index (χ1) is 12.6. The lowest BCUT2D eigenvalue weighted by atomic mass is 9.99. The number of nitrogens with zero attached hydrogens (tertiary/aromatic N) is 4. The smallest absolute Gasteiger partial charge is 0.267 e. The molecule has 1 saturated heterocycles. The van der Waals surface area contributed by atoms with Crippen LogP contribution in [0.2, 0.25) is 0 Å². The fourth-order valence-electron chi connectivity index (χ4n) is 3.90. The van der Waals surface area contributed by atoms with Crippen molar-refractivity contribution in [3.8, 4) is 0 Å². The molecule has 6 nitrogen and oxygen atoms in total. The second-order valence-corrected chi connectivity index (χ2v) is 7.99. The van der Waals surface area contributed by atoms with Crippen molar-refractivity contribution < 1.29 is 4.79 Å². The van der Waals surface area contributed by atoms with Crippen molar-refractivity contribution in [1.29, 1.82) is 0 Å². The molecule has 0 radical (unpaired) electrons. The largest absolute Gasteiger partial charge is 0.354 e. The number of amides is 1. The summed E-state index contributed by atoms with van der Waals surface area (Å²) in [6.07, 6.45) is 5.05. The van der Waals surface area contributed by atoms with Crippen LogP contribution in [0, 0.1) is 6.92 Å². The Balaban J connectivity index is 1.78. The molecule has 26 heavy (non-hydrogen) atoms. The summed E-state index contributed by atoms with van der Waals surface area (Å²) in [5.41, 5.74) is 1.84. The number of anilines is 1. The summed E-state index contributed by atoms with van der Waals surface area (Å²) in [5, 5.41) is 3.84. The zero-order valence-electron chi connectivity index (χ0n) is 15.3. The Hall–Kier alpha value is -2.41. The highest BCUT2D eigenvalue weighted by Crippen LogP contribution is 2.38. The number of thiophene rings is 1. The van der Waals surface area contributed by atoms with E-state index in [1.807, 2.05) is 17.7 Å². The van der Waals surface area contributed by atoms with E-state index in [1.54, 1.807) is 24.7 Å². The van der Waals surface area contributed by atoms with Gasteiger partial charge in [0.1, 0.15) is 22.7 Å². The van der Waals surface area contributed by atoms with Crippen LogP contribution in [0.1, 0.15) is 46.4 Å². The second kappa shape index (κ2) is 6.72. The Kier molecular flexibility index (Phi) is 4.40. The van der Waals surface area contributed by atoms with Crippen LogP contribution in [0.4, 0.5) is 5.82 Å². The minimum atomic E-state index is -0.0565. The van der Waals surface area contributed by atoms with Crippen molar-refractivity contribution in [1.82, 2.24) is 19.9 Å². The molecule has 1 aliphatic rings. The number of rotatable bonds is 3. The molecule has 1 amide bonds. The minimum absolute atomic E-state index is 0.0565. The third-order valence-electron chi connectivity index (χ3n) is 5.17. The second-order valence-electron chi connectivity index (χ2n) is 6.76. The van der Waals surface area contributed by atoms with Crippen LogP contribution in [0.3, 0.4) is 0 Å². The topological polar surface area (TPSA) is 63.1 Å². The van der Waals surface area contributed by atoms with Crippen LogP contribution in [-0.2, 0) is 7.05 Å². The monoisotopic (exact) mass is 369 g/mol. The Morgan fingerprint density at radius 1 is 1.31 bits per heavy atom. The molecule has 0 aromatic carbocycles. The first-order valence-electron chi connectivity index (χ1n) is 8.95. The first kappa shape index (κ1) is 17.0. The molecule has 0 aliphatic carbocycles. The zero-order chi connectivity index (χ0) is 18.3. The lowest BCUT2D eigenvalue weighted by Crippen LogP contribution is -2.35. The third kappa shape index (κ3) is 2.76. The van der Waals surface area contributed by atoms with E-state index < -0.39 is 0 Å². The van der Waals surface area contributed by atoms with Gasteiger partial charge >= 0.3 is 0 Å². The average Bonchev–Trinajstić information content (AvgIpc) is 3.22. The maximum Gasteiger partial charge on any atom is 0.267 e. The van der Waals surface area contributed by atoms with Crippen LogP contribution in [0.25, 0.3) is 10.2 Å². The van der Waals surface area contributed by atoms with Crippen LogP contribution in [0.5, 0.6) is 0 Å². The van der Waals surface area contributed by atoms with Gasteiger partial charge < -0.3 is 14.8 Å². The fourth-order valence-corrected chi connectivity index (χ4v) is 4.74. The number of fused-ring (bicyclic) bond motifs is 1. The summed E-state index contributed by atoms with van der Waals surface area (Å²) in [6.45, 7) is 3.07. The molecule has 1 fully saturated rings. The van der Waals surface area contributed by atoms with Crippen LogP contribution in [-0.4, -0.2) is 34.0 Å². The van der Waals surface area contributed by atoms with Crippen molar-refractivity contribution in [2.24, 2.45) is 7.05 Å². The van der Waals surface area contributed by atoms with Crippen molar-refractivity contribution in [3.63, 3.8) is 0 Å². The van der Waals surface area contributed by atoms with E-state index in [9.17, 15) is 4.79 Å². The Morgan fingerprint density at radius 3 is 2.96 bits per heavy atom. The number of hydrogen-bond donors (Lipinski definition) is 1. The SMILES string of the molecule is CNC(=O)c1ccc([C@H]2CCCCN2c2ncnc3sc(C)cc23)n1C. The fraction of sp³-hybridized carbons (Fsp3) is 0.421. The highest BCUT2D eigenvalue weighted by Gasteiger charge is 2.29.